The van der Waals surface area contributed by atoms with Crippen LogP contribution in [0.1, 0.15) is 13.8 Å². The molecule has 1 heterocycles. The maximum absolute atomic E-state index is 11.7. The minimum Gasteiger partial charge on any atom is -0.480 e. The quantitative estimate of drug-likeness (QED) is 0.617. The SMILES string of the molecule is CC(C)=C/C=C1\SC(=S)N(CC(=O)O)C1=O. The lowest BCUT2D eigenvalue weighted by Gasteiger charge is -2.09. The van der Waals surface area contributed by atoms with E-state index in [0.717, 1.165) is 22.2 Å². The molecule has 16 heavy (non-hydrogen) atoms. The summed E-state index contributed by atoms with van der Waals surface area (Å²) in [5.74, 6) is -1.41. The lowest BCUT2D eigenvalue weighted by Crippen LogP contribution is -2.33. The number of aliphatic carboxylic acids is 1. The van der Waals surface area contributed by atoms with Crippen molar-refractivity contribution >= 4 is 40.2 Å². The molecule has 1 aliphatic heterocycles. The maximum Gasteiger partial charge on any atom is 0.323 e. The third-order valence-electron chi connectivity index (χ3n) is 1.74. The van der Waals surface area contributed by atoms with Gasteiger partial charge in [-0.25, -0.2) is 0 Å². The number of nitrogens with zero attached hydrogens (tertiary/aromatic N) is 1. The lowest BCUT2D eigenvalue weighted by molar-refractivity contribution is -0.140. The van der Waals surface area contributed by atoms with Crippen molar-refractivity contribution in [1.82, 2.24) is 4.90 Å². The molecule has 0 aromatic heterocycles. The summed E-state index contributed by atoms with van der Waals surface area (Å²) >= 11 is 6.06. The molecule has 4 nitrogen and oxygen atoms in total. The molecule has 0 aromatic rings. The minimum atomic E-state index is -1.07. The van der Waals surface area contributed by atoms with Crippen molar-refractivity contribution in [1.29, 1.82) is 0 Å². The van der Waals surface area contributed by atoms with Crippen LogP contribution in [0.25, 0.3) is 0 Å². The molecule has 1 N–H and O–H groups in total. The van der Waals surface area contributed by atoms with Gasteiger partial charge in [0.2, 0.25) is 0 Å². The van der Waals surface area contributed by atoms with Gasteiger partial charge < -0.3 is 5.11 Å². The highest BCUT2D eigenvalue weighted by atomic mass is 32.2. The van der Waals surface area contributed by atoms with Crippen molar-refractivity contribution in [3.8, 4) is 0 Å². The van der Waals surface area contributed by atoms with Gasteiger partial charge in [0, 0.05) is 0 Å². The predicted octanol–water partition coefficient (Wildman–Crippen LogP) is 1.78. The summed E-state index contributed by atoms with van der Waals surface area (Å²) in [5, 5.41) is 8.62. The van der Waals surface area contributed by atoms with Crippen LogP contribution in [0.3, 0.4) is 0 Å². The first-order valence-electron chi connectivity index (χ1n) is 4.52. The number of carbonyl (C=O) groups excluding carboxylic acids is 1. The van der Waals surface area contributed by atoms with E-state index in [-0.39, 0.29) is 12.5 Å². The highest BCUT2D eigenvalue weighted by Gasteiger charge is 2.32. The summed E-state index contributed by atoms with van der Waals surface area (Å²) in [5.41, 5.74) is 1.06. The fraction of sp³-hybridized carbons (Fsp3) is 0.300. The zero-order valence-electron chi connectivity index (χ0n) is 8.89. The zero-order chi connectivity index (χ0) is 12.3. The molecule has 1 saturated heterocycles. The number of carbonyl (C=O) groups is 2. The monoisotopic (exact) mass is 257 g/mol. The van der Waals surface area contributed by atoms with Gasteiger partial charge in [0.25, 0.3) is 5.91 Å². The Morgan fingerprint density at radius 3 is 2.69 bits per heavy atom. The van der Waals surface area contributed by atoms with Gasteiger partial charge in [0.05, 0.1) is 4.91 Å². The van der Waals surface area contributed by atoms with Gasteiger partial charge >= 0.3 is 5.97 Å². The second-order valence-electron chi connectivity index (χ2n) is 3.43. The van der Waals surface area contributed by atoms with E-state index in [9.17, 15) is 9.59 Å². The molecule has 6 heteroatoms. The number of thioether (sulfide) groups is 1. The van der Waals surface area contributed by atoms with Crippen molar-refractivity contribution in [2.45, 2.75) is 13.8 Å². The molecule has 0 saturated carbocycles. The first-order chi connectivity index (χ1) is 7.41. The van der Waals surface area contributed by atoms with Crippen molar-refractivity contribution in [2.75, 3.05) is 6.54 Å². The van der Waals surface area contributed by atoms with Crippen molar-refractivity contribution in [3.63, 3.8) is 0 Å². The summed E-state index contributed by atoms with van der Waals surface area (Å²) in [6.07, 6.45) is 3.46. The van der Waals surface area contributed by atoms with E-state index in [1.807, 2.05) is 13.8 Å². The van der Waals surface area contributed by atoms with Crippen LogP contribution in [0, 0.1) is 0 Å². The van der Waals surface area contributed by atoms with E-state index in [1.54, 1.807) is 12.2 Å². The van der Waals surface area contributed by atoms with E-state index < -0.39 is 5.97 Å². The highest BCUT2D eigenvalue weighted by Crippen LogP contribution is 2.30. The molecule has 1 fully saturated rings. The predicted molar refractivity (Wildman–Crippen MR) is 67.1 cm³/mol. The molecule has 1 amide bonds. The van der Waals surface area contributed by atoms with Crippen LogP contribution in [-0.4, -0.2) is 32.7 Å². The molecule has 0 radical (unpaired) electrons. The Bertz CT molecular complexity index is 408. The lowest BCUT2D eigenvalue weighted by atomic mass is 10.3. The first-order valence-corrected chi connectivity index (χ1v) is 5.75. The van der Waals surface area contributed by atoms with Gasteiger partial charge in [-0.05, 0) is 19.9 Å². The maximum atomic E-state index is 11.7. The molecular formula is C10H11NO3S2. The van der Waals surface area contributed by atoms with Gasteiger partial charge in [-0.2, -0.15) is 0 Å². The normalized spacial score (nSPS) is 18.1. The molecule has 0 aliphatic carbocycles. The van der Waals surface area contributed by atoms with Crippen LogP contribution in [0.5, 0.6) is 0 Å². The Kier molecular flexibility index (Phi) is 4.26. The molecule has 0 spiro atoms. The van der Waals surface area contributed by atoms with Gasteiger partial charge in [0.15, 0.2) is 0 Å². The Balaban J connectivity index is 2.86. The molecule has 86 valence electrons. The van der Waals surface area contributed by atoms with E-state index in [1.165, 1.54) is 0 Å². The number of allylic oxidation sites excluding steroid dienone is 3. The summed E-state index contributed by atoms with van der Waals surface area (Å²) in [6, 6.07) is 0. The van der Waals surface area contributed by atoms with E-state index >= 15 is 0 Å². The van der Waals surface area contributed by atoms with Crippen LogP contribution >= 0.6 is 24.0 Å². The molecule has 0 bridgehead atoms. The average molecular weight is 257 g/mol. The summed E-state index contributed by atoms with van der Waals surface area (Å²) in [4.78, 5) is 23.8. The van der Waals surface area contributed by atoms with E-state index in [0.29, 0.717) is 9.23 Å². The number of amides is 1. The van der Waals surface area contributed by atoms with Crippen molar-refractivity contribution in [3.05, 3.63) is 22.6 Å². The standard InChI is InChI=1S/C10H11NO3S2/c1-6(2)3-4-7-9(14)11(5-8(12)13)10(15)16-7/h3-4H,5H2,1-2H3,(H,12,13)/b7-4-. The summed E-state index contributed by atoms with van der Waals surface area (Å²) < 4.78 is 0.292. The first kappa shape index (κ1) is 12.9. The Morgan fingerprint density at radius 1 is 1.56 bits per heavy atom. The van der Waals surface area contributed by atoms with E-state index in [2.05, 4.69) is 0 Å². The van der Waals surface area contributed by atoms with Crippen LogP contribution in [0.2, 0.25) is 0 Å². The van der Waals surface area contributed by atoms with Crippen LogP contribution in [0.15, 0.2) is 22.6 Å². The molecule has 1 aliphatic rings. The molecule has 0 unspecified atom stereocenters. The number of carboxylic acids is 1. The zero-order valence-corrected chi connectivity index (χ0v) is 10.5. The highest BCUT2D eigenvalue weighted by molar-refractivity contribution is 8.26. The van der Waals surface area contributed by atoms with Crippen LogP contribution in [0.4, 0.5) is 0 Å². The molecular weight excluding hydrogens is 246 g/mol. The summed E-state index contributed by atoms with van der Waals surface area (Å²) in [6.45, 7) is 3.44. The fourth-order valence-electron chi connectivity index (χ4n) is 1.03. The van der Waals surface area contributed by atoms with Crippen molar-refractivity contribution < 1.29 is 14.7 Å². The number of thiocarbonyl (C=S) groups is 1. The fourth-order valence-corrected chi connectivity index (χ4v) is 2.22. The topological polar surface area (TPSA) is 57.6 Å². The smallest absolute Gasteiger partial charge is 0.323 e. The summed E-state index contributed by atoms with van der Waals surface area (Å²) in [7, 11) is 0. The number of hydrogen-bond acceptors (Lipinski definition) is 4. The Labute approximate surface area is 103 Å². The number of hydrogen-bond donors (Lipinski definition) is 1. The largest absolute Gasteiger partial charge is 0.480 e. The second kappa shape index (κ2) is 5.27. The molecule has 1 rings (SSSR count). The van der Waals surface area contributed by atoms with Gasteiger partial charge in [0.1, 0.15) is 10.9 Å². The van der Waals surface area contributed by atoms with Crippen LogP contribution < -0.4 is 0 Å². The third-order valence-corrected chi connectivity index (χ3v) is 3.13. The van der Waals surface area contributed by atoms with E-state index in [4.69, 9.17) is 17.3 Å². The minimum absolute atomic E-state index is 0.292. The van der Waals surface area contributed by atoms with Gasteiger partial charge in [-0.1, -0.05) is 35.6 Å². The third kappa shape index (κ3) is 3.18. The Hall–Kier alpha value is -1.14. The average Bonchev–Trinajstić information content (AvgIpc) is 2.42. The second-order valence-corrected chi connectivity index (χ2v) is 5.10. The molecule has 0 aromatic carbocycles. The Morgan fingerprint density at radius 2 is 2.19 bits per heavy atom. The molecule has 0 atom stereocenters. The van der Waals surface area contributed by atoms with Gasteiger partial charge in [-0.3, -0.25) is 14.5 Å². The van der Waals surface area contributed by atoms with Crippen molar-refractivity contribution in [2.24, 2.45) is 0 Å². The number of carboxylic acid groups (broad SMARTS) is 1. The van der Waals surface area contributed by atoms with Gasteiger partial charge in [-0.15, -0.1) is 0 Å². The van der Waals surface area contributed by atoms with Crippen LogP contribution in [-0.2, 0) is 9.59 Å². The number of rotatable bonds is 3.